The highest BCUT2D eigenvalue weighted by atomic mass is 35.5. The Morgan fingerprint density at radius 1 is 1.12 bits per heavy atom. The van der Waals surface area contributed by atoms with E-state index in [1.165, 1.54) is 6.20 Å². The summed E-state index contributed by atoms with van der Waals surface area (Å²) < 4.78 is 10.3. The van der Waals surface area contributed by atoms with Crippen molar-refractivity contribution in [2.75, 3.05) is 18.5 Å². The van der Waals surface area contributed by atoms with Crippen LogP contribution in [0.1, 0.15) is 11.1 Å². The van der Waals surface area contributed by atoms with Crippen molar-refractivity contribution in [3.8, 4) is 5.75 Å². The Morgan fingerprint density at radius 3 is 2.50 bits per heavy atom. The molecule has 1 aromatic heterocycles. The van der Waals surface area contributed by atoms with Crippen LogP contribution in [0.5, 0.6) is 5.75 Å². The zero-order valence-electron chi connectivity index (χ0n) is 13.3. The van der Waals surface area contributed by atoms with E-state index < -0.39 is 18.5 Å². The van der Waals surface area contributed by atoms with Crippen LogP contribution < -0.4 is 10.1 Å². The maximum atomic E-state index is 11.7. The first-order valence-corrected chi connectivity index (χ1v) is 7.60. The van der Waals surface area contributed by atoms with Crippen LogP contribution in [-0.2, 0) is 14.3 Å². The van der Waals surface area contributed by atoms with Crippen LogP contribution in [0.3, 0.4) is 0 Å². The molecular formula is C17H17ClN2O4. The van der Waals surface area contributed by atoms with E-state index >= 15 is 0 Å². The third-order valence-corrected chi connectivity index (χ3v) is 3.44. The lowest BCUT2D eigenvalue weighted by atomic mass is 10.1. The zero-order valence-corrected chi connectivity index (χ0v) is 14.1. The fraction of sp³-hybridized carbons (Fsp3) is 0.235. The molecule has 0 aliphatic heterocycles. The van der Waals surface area contributed by atoms with Crippen molar-refractivity contribution in [3.63, 3.8) is 0 Å². The maximum Gasteiger partial charge on any atom is 0.344 e. The third-order valence-electron chi connectivity index (χ3n) is 3.14. The fourth-order valence-corrected chi connectivity index (χ4v) is 2.18. The second kappa shape index (κ2) is 8.31. The molecule has 0 saturated heterocycles. The Balaban J connectivity index is 1.79. The number of pyridine rings is 1. The summed E-state index contributed by atoms with van der Waals surface area (Å²) in [6, 6.07) is 8.91. The quantitative estimate of drug-likeness (QED) is 0.641. The smallest absolute Gasteiger partial charge is 0.344 e. The molecule has 1 amide bonds. The molecule has 0 aliphatic carbocycles. The van der Waals surface area contributed by atoms with Gasteiger partial charge in [-0.2, -0.15) is 0 Å². The molecule has 0 aliphatic rings. The molecule has 1 N–H and O–H groups in total. The predicted molar refractivity (Wildman–Crippen MR) is 90.2 cm³/mol. The Hall–Kier alpha value is -2.60. The summed E-state index contributed by atoms with van der Waals surface area (Å²) in [5, 5.41) is 2.67. The highest BCUT2D eigenvalue weighted by Crippen LogP contribution is 2.22. The monoisotopic (exact) mass is 348 g/mol. The highest BCUT2D eigenvalue weighted by Gasteiger charge is 2.12. The standard InChI is InChI=1S/C17H17ClN2O4/c1-11-5-3-6-12(2)16(11)24-10-15(22)23-9-14(21)20-13-7-4-8-19-17(13)18/h3-8H,9-10H2,1-2H3,(H,20,21). The minimum atomic E-state index is -0.634. The van der Waals surface area contributed by atoms with Gasteiger partial charge in [0.05, 0.1) is 5.69 Å². The van der Waals surface area contributed by atoms with Gasteiger partial charge in [0.1, 0.15) is 5.75 Å². The predicted octanol–water partition coefficient (Wildman–Crippen LogP) is 2.91. The van der Waals surface area contributed by atoms with Crippen molar-refractivity contribution in [2.45, 2.75) is 13.8 Å². The van der Waals surface area contributed by atoms with Gasteiger partial charge in [-0.25, -0.2) is 9.78 Å². The summed E-state index contributed by atoms with van der Waals surface area (Å²) >= 11 is 5.82. The molecule has 7 heteroatoms. The number of rotatable bonds is 6. The maximum absolute atomic E-state index is 11.7. The van der Waals surface area contributed by atoms with Crippen molar-refractivity contribution in [1.82, 2.24) is 4.98 Å². The van der Waals surface area contributed by atoms with E-state index in [4.69, 9.17) is 21.1 Å². The van der Waals surface area contributed by atoms with Gasteiger partial charge >= 0.3 is 5.97 Å². The molecule has 1 aromatic carbocycles. The molecule has 2 rings (SSSR count). The average Bonchev–Trinajstić information content (AvgIpc) is 2.54. The number of carbonyl (C=O) groups excluding carboxylic acids is 2. The SMILES string of the molecule is Cc1cccc(C)c1OCC(=O)OCC(=O)Nc1cccnc1Cl. The number of hydrogen-bond donors (Lipinski definition) is 1. The van der Waals surface area contributed by atoms with Crippen LogP contribution in [0.15, 0.2) is 36.5 Å². The van der Waals surface area contributed by atoms with Gasteiger partial charge in [-0.05, 0) is 37.1 Å². The van der Waals surface area contributed by atoms with E-state index in [-0.39, 0.29) is 11.8 Å². The van der Waals surface area contributed by atoms with Crippen LogP contribution in [0.2, 0.25) is 5.15 Å². The van der Waals surface area contributed by atoms with Crippen LogP contribution >= 0.6 is 11.6 Å². The van der Waals surface area contributed by atoms with E-state index in [1.807, 2.05) is 32.0 Å². The average molecular weight is 349 g/mol. The Labute approximate surface area is 144 Å². The normalized spacial score (nSPS) is 10.1. The number of hydrogen-bond acceptors (Lipinski definition) is 5. The molecule has 0 saturated carbocycles. The van der Waals surface area contributed by atoms with E-state index in [9.17, 15) is 9.59 Å². The van der Waals surface area contributed by atoms with Crippen molar-refractivity contribution < 1.29 is 19.1 Å². The summed E-state index contributed by atoms with van der Waals surface area (Å²) in [4.78, 5) is 27.3. The molecule has 6 nitrogen and oxygen atoms in total. The number of aromatic nitrogens is 1. The summed E-state index contributed by atoms with van der Waals surface area (Å²) in [7, 11) is 0. The number of carbonyl (C=O) groups is 2. The van der Waals surface area contributed by atoms with Crippen LogP contribution in [-0.4, -0.2) is 30.1 Å². The van der Waals surface area contributed by atoms with Gasteiger partial charge in [-0.1, -0.05) is 29.8 Å². The topological polar surface area (TPSA) is 77.5 Å². The number of benzene rings is 1. The molecule has 1 heterocycles. The fourth-order valence-electron chi connectivity index (χ4n) is 2.01. The van der Waals surface area contributed by atoms with E-state index in [1.54, 1.807) is 12.1 Å². The molecule has 2 aromatic rings. The number of esters is 1. The van der Waals surface area contributed by atoms with Crippen molar-refractivity contribution in [1.29, 1.82) is 0 Å². The van der Waals surface area contributed by atoms with Crippen molar-refractivity contribution >= 4 is 29.2 Å². The number of para-hydroxylation sites is 1. The summed E-state index contributed by atoms with van der Waals surface area (Å²) in [6.45, 7) is 3.07. The lowest BCUT2D eigenvalue weighted by Gasteiger charge is -2.11. The molecule has 0 unspecified atom stereocenters. The highest BCUT2D eigenvalue weighted by molar-refractivity contribution is 6.32. The largest absolute Gasteiger partial charge is 0.481 e. The Kier molecular flexibility index (Phi) is 6.14. The first-order valence-electron chi connectivity index (χ1n) is 7.22. The minimum Gasteiger partial charge on any atom is -0.481 e. The van der Waals surface area contributed by atoms with Gasteiger partial charge < -0.3 is 14.8 Å². The van der Waals surface area contributed by atoms with Gasteiger partial charge in [0.2, 0.25) is 0 Å². The number of anilines is 1. The molecule has 24 heavy (non-hydrogen) atoms. The van der Waals surface area contributed by atoms with E-state index in [0.717, 1.165) is 11.1 Å². The number of halogens is 1. The zero-order chi connectivity index (χ0) is 17.5. The Morgan fingerprint density at radius 2 is 1.83 bits per heavy atom. The summed E-state index contributed by atoms with van der Waals surface area (Å²) in [6.07, 6.45) is 1.50. The molecule has 0 atom stereocenters. The third kappa shape index (κ3) is 4.96. The van der Waals surface area contributed by atoms with Gasteiger partial charge in [0.15, 0.2) is 18.4 Å². The number of aryl methyl sites for hydroxylation is 2. The Bertz CT molecular complexity index is 729. The second-order valence-corrected chi connectivity index (χ2v) is 5.42. The summed E-state index contributed by atoms with van der Waals surface area (Å²) in [5.41, 5.74) is 2.20. The van der Waals surface area contributed by atoms with E-state index in [0.29, 0.717) is 11.4 Å². The van der Waals surface area contributed by atoms with Crippen LogP contribution in [0.4, 0.5) is 5.69 Å². The number of nitrogens with one attached hydrogen (secondary N) is 1. The van der Waals surface area contributed by atoms with Gasteiger partial charge in [0.25, 0.3) is 5.91 Å². The lowest BCUT2D eigenvalue weighted by molar-refractivity contribution is -0.149. The van der Waals surface area contributed by atoms with E-state index in [2.05, 4.69) is 10.3 Å². The van der Waals surface area contributed by atoms with Crippen molar-refractivity contribution in [2.24, 2.45) is 0 Å². The van der Waals surface area contributed by atoms with Crippen LogP contribution in [0.25, 0.3) is 0 Å². The molecular weight excluding hydrogens is 332 g/mol. The minimum absolute atomic E-state index is 0.163. The summed E-state index contributed by atoms with van der Waals surface area (Å²) in [5.74, 6) is -0.503. The van der Waals surface area contributed by atoms with Gasteiger partial charge in [-0.15, -0.1) is 0 Å². The molecule has 0 fully saturated rings. The molecule has 0 radical (unpaired) electrons. The molecule has 126 valence electrons. The lowest BCUT2D eigenvalue weighted by Crippen LogP contribution is -2.24. The molecule has 0 bridgehead atoms. The number of nitrogens with zero attached hydrogens (tertiary/aromatic N) is 1. The van der Waals surface area contributed by atoms with Crippen molar-refractivity contribution in [3.05, 3.63) is 52.8 Å². The van der Waals surface area contributed by atoms with Gasteiger partial charge in [0, 0.05) is 6.20 Å². The number of amides is 1. The second-order valence-electron chi connectivity index (χ2n) is 5.06. The number of ether oxygens (including phenoxy) is 2. The van der Waals surface area contributed by atoms with Crippen LogP contribution in [0, 0.1) is 13.8 Å². The first-order chi connectivity index (χ1) is 11.5. The molecule has 0 spiro atoms. The first kappa shape index (κ1) is 17.7. The van der Waals surface area contributed by atoms with Gasteiger partial charge in [-0.3, -0.25) is 4.79 Å².